The summed E-state index contributed by atoms with van der Waals surface area (Å²) in [5.74, 6) is -1.09. The number of allylic oxidation sites excluding steroid dienone is 1. The molecule has 16 heavy (non-hydrogen) atoms. The van der Waals surface area contributed by atoms with E-state index in [0.29, 0.717) is 11.1 Å². The van der Waals surface area contributed by atoms with Gasteiger partial charge in [-0.05, 0) is 18.1 Å². The number of carbonyl (C=O) groups excluding carboxylic acids is 2. The van der Waals surface area contributed by atoms with Gasteiger partial charge in [-0.3, -0.25) is 0 Å². The van der Waals surface area contributed by atoms with Crippen molar-refractivity contribution in [2.75, 3.05) is 0 Å². The Morgan fingerprint density at radius 1 is 1.25 bits per heavy atom. The van der Waals surface area contributed by atoms with Crippen LogP contribution < -0.4 is 0 Å². The Morgan fingerprint density at radius 3 is 2.81 bits per heavy atom. The molecule has 3 heteroatoms. The SMILES string of the molecule is CCCC=Cc1cccc2c1C(=O)OC2=O. The van der Waals surface area contributed by atoms with E-state index in [1.165, 1.54) is 0 Å². The standard InChI is InChI=1S/C13H12O3/c1-2-3-4-6-9-7-5-8-10-11(9)13(15)16-12(10)14/h4-8H,2-3H2,1H3. The Balaban J connectivity index is 2.41. The Bertz CT molecular complexity index is 472. The topological polar surface area (TPSA) is 43.4 Å². The lowest BCUT2D eigenvalue weighted by Crippen LogP contribution is -1.98. The van der Waals surface area contributed by atoms with Crippen LogP contribution in [0.5, 0.6) is 0 Å². The van der Waals surface area contributed by atoms with E-state index in [1.54, 1.807) is 12.1 Å². The van der Waals surface area contributed by atoms with Crippen LogP contribution in [-0.2, 0) is 4.74 Å². The average molecular weight is 216 g/mol. The van der Waals surface area contributed by atoms with Crippen molar-refractivity contribution in [3.63, 3.8) is 0 Å². The Kier molecular flexibility index (Phi) is 2.86. The highest BCUT2D eigenvalue weighted by molar-refractivity contribution is 6.16. The van der Waals surface area contributed by atoms with Gasteiger partial charge in [-0.25, -0.2) is 9.59 Å². The first-order valence-corrected chi connectivity index (χ1v) is 5.30. The minimum absolute atomic E-state index is 0.364. The first-order chi connectivity index (χ1) is 7.74. The number of hydrogen-bond acceptors (Lipinski definition) is 3. The molecule has 3 nitrogen and oxygen atoms in total. The molecule has 0 bridgehead atoms. The number of unbranched alkanes of at least 4 members (excludes halogenated alkanes) is 1. The highest BCUT2D eigenvalue weighted by atomic mass is 16.6. The molecule has 0 unspecified atom stereocenters. The van der Waals surface area contributed by atoms with E-state index in [2.05, 4.69) is 11.7 Å². The predicted octanol–water partition coefficient (Wildman–Crippen LogP) is 2.81. The van der Waals surface area contributed by atoms with E-state index in [1.807, 2.05) is 18.2 Å². The van der Waals surface area contributed by atoms with E-state index >= 15 is 0 Å². The molecule has 0 N–H and O–H groups in total. The molecule has 1 aromatic rings. The maximum atomic E-state index is 11.5. The van der Waals surface area contributed by atoms with Crippen LogP contribution >= 0.6 is 0 Å². The highest BCUT2D eigenvalue weighted by Crippen LogP contribution is 2.24. The van der Waals surface area contributed by atoms with E-state index in [9.17, 15) is 9.59 Å². The van der Waals surface area contributed by atoms with Crippen LogP contribution in [0, 0.1) is 0 Å². The molecule has 0 spiro atoms. The van der Waals surface area contributed by atoms with Crippen LogP contribution in [0.3, 0.4) is 0 Å². The van der Waals surface area contributed by atoms with Gasteiger partial charge in [-0.2, -0.15) is 0 Å². The number of rotatable bonds is 3. The molecule has 0 radical (unpaired) electrons. The molecule has 82 valence electrons. The quantitative estimate of drug-likeness (QED) is 0.576. The number of cyclic esters (lactones) is 2. The van der Waals surface area contributed by atoms with Crippen LogP contribution in [0.15, 0.2) is 24.3 Å². The third-order valence-electron chi connectivity index (χ3n) is 2.46. The number of esters is 2. The van der Waals surface area contributed by atoms with Gasteiger partial charge < -0.3 is 4.74 Å². The maximum absolute atomic E-state index is 11.5. The number of carbonyl (C=O) groups is 2. The van der Waals surface area contributed by atoms with Crippen LogP contribution in [0.4, 0.5) is 0 Å². The summed E-state index contributed by atoms with van der Waals surface area (Å²) in [7, 11) is 0. The van der Waals surface area contributed by atoms with Gasteiger partial charge in [-0.1, -0.05) is 37.6 Å². The summed E-state index contributed by atoms with van der Waals surface area (Å²) in [6.45, 7) is 2.08. The minimum atomic E-state index is -0.550. The normalized spacial score (nSPS) is 14.3. The van der Waals surface area contributed by atoms with Gasteiger partial charge in [0.1, 0.15) is 0 Å². The lowest BCUT2D eigenvalue weighted by molar-refractivity contribution is 0.0444. The number of fused-ring (bicyclic) bond motifs is 1. The smallest absolute Gasteiger partial charge is 0.347 e. The monoisotopic (exact) mass is 216 g/mol. The molecule has 1 aromatic carbocycles. The molecule has 0 aromatic heterocycles. The van der Waals surface area contributed by atoms with Gasteiger partial charge >= 0.3 is 11.9 Å². The van der Waals surface area contributed by atoms with Gasteiger partial charge in [0, 0.05) is 0 Å². The van der Waals surface area contributed by atoms with Gasteiger partial charge in [0.05, 0.1) is 11.1 Å². The summed E-state index contributed by atoms with van der Waals surface area (Å²) in [6, 6.07) is 5.18. The van der Waals surface area contributed by atoms with E-state index < -0.39 is 11.9 Å². The first kappa shape index (κ1) is 10.6. The zero-order chi connectivity index (χ0) is 11.5. The summed E-state index contributed by atoms with van der Waals surface area (Å²) < 4.78 is 4.57. The van der Waals surface area contributed by atoms with Crippen molar-refractivity contribution >= 4 is 18.0 Å². The average Bonchev–Trinajstić information content (AvgIpc) is 2.56. The third kappa shape index (κ3) is 1.76. The van der Waals surface area contributed by atoms with Crippen LogP contribution in [0.2, 0.25) is 0 Å². The molecule has 1 aliphatic rings. The van der Waals surface area contributed by atoms with Gasteiger partial charge in [0.25, 0.3) is 0 Å². The summed E-state index contributed by atoms with van der Waals surface area (Å²) in [4.78, 5) is 22.7. The molecule has 1 aliphatic heterocycles. The van der Waals surface area contributed by atoms with Crippen molar-refractivity contribution in [3.05, 3.63) is 41.0 Å². The van der Waals surface area contributed by atoms with Crippen LogP contribution in [0.25, 0.3) is 6.08 Å². The minimum Gasteiger partial charge on any atom is -0.386 e. The van der Waals surface area contributed by atoms with Gasteiger partial charge in [0.2, 0.25) is 0 Å². The summed E-state index contributed by atoms with van der Waals surface area (Å²) in [5, 5.41) is 0. The molecule has 1 heterocycles. The Hall–Kier alpha value is -1.90. The number of benzene rings is 1. The second-order valence-electron chi connectivity index (χ2n) is 3.64. The third-order valence-corrected chi connectivity index (χ3v) is 2.46. The van der Waals surface area contributed by atoms with Crippen molar-refractivity contribution in [3.8, 4) is 0 Å². The van der Waals surface area contributed by atoms with Crippen molar-refractivity contribution in [2.45, 2.75) is 19.8 Å². The second-order valence-corrected chi connectivity index (χ2v) is 3.64. The Morgan fingerprint density at radius 2 is 2.06 bits per heavy atom. The molecule has 0 amide bonds. The van der Waals surface area contributed by atoms with Crippen molar-refractivity contribution in [1.82, 2.24) is 0 Å². The highest BCUT2D eigenvalue weighted by Gasteiger charge is 2.31. The van der Waals surface area contributed by atoms with E-state index in [0.717, 1.165) is 18.4 Å². The van der Waals surface area contributed by atoms with Crippen molar-refractivity contribution in [1.29, 1.82) is 0 Å². The fourth-order valence-electron chi connectivity index (χ4n) is 1.67. The van der Waals surface area contributed by atoms with Gasteiger partial charge in [-0.15, -0.1) is 0 Å². The summed E-state index contributed by atoms with van der Waals surface area (Å²) >= 11 is 0. The zero-order valence-electron chi connectivity index (χ0n) is 9.03. The fourth-order valence-corrected chi connectivity index (χ4v) is 1.67. The zero-order valence-corrected chi connectivity index (χ0v) is 9.03. The van der Waals surface area contributed by atoms with E-state index in [-0.39, 0.29) is 0 Å². The first-order valence-electron chi connectivity index (χ1n) is 5.30. The largest absolute Gasteiger partial charge is 0.386 e. The second kappa shape index (κ2) is 4.31. The maximum Gasteiger partial charge on any atom is 0.347 e. The van der Waals surface area contributed by atoms with Gasteiger partial charge in [0.15, 0.2) is 0 Å². The van der Waals surface area contributed by atoms with E-state index in [4.69, 9.17) is 0 Å². The fraction of sp³-hybridized carbons (Fsp3) is 0.231. The molecule has 0 atom stereocenters. The van der Waals surface area contributed by atoms with Crippen LogP contribution in [-0.4, -0.2) is 11.9 Å². The predicted molar refractivity (Wildman–Crippen MR) is 60.1 cm³/mol. The molecule has 0 aliphatic carbocycles. The molecule has 0 saturated carbocycles. The molecular formula is C13H12O3. The van der Waals surface area contributed by atoms with Crippen molar-refractivity contribution < 1.29 is 14.3 Å². The number of hydrogen-bond donors (Lipinski definition) is 0. The Labute approximate surface area is 93.7 Å². The molecule has 0 fully saturated rings. The molecule has 2 rings (SSSR count). The summed E-state index contributed by atoms with van der Waals surface area (Å²) in [5.41, 5.74) is 1.50. The lowest BCUT2D eigenvalue weighted by atomic mass is 10.0. The molecular weight excluding hydrogens is 204 g/mol. The number of ether oxygens (including phenoxy) is 1. The van der Waals surface area contributed by atoms with Crippen molar-refractivity contribution in [2.24, 2.45) is 0 Å². The summed E-state index contributed by atoms with van der Waals surface area (Å²) in [6.07, 6.45) is 5.86. The van der Waals surface area contributed by atoms with Crippen LogP contribution in [0.1, 0.15) is 46.0 Å². The lowest BCUT2D eigenvalue weighted by Gasteiger charge is -1.98. The molecule has 0 saturated heterocycles.